The first-order chi connectivity index (χ1) is 22.7. The molecule has 0 radical (unpaired) electrons. The van der Waals surface area contributed by atoms with Gasteiger partial charge in [-0.15, -0.1) is 0 Å². The van der Waals surface area contributed by atoms with E-state index in [0.29, 0.717) is 6.61 Å². The lowest BCUT2D eigenvalue weighted by Gasteiger charge is -2.26. The molecule has 6 rings (SSSR count). The summed E-state index contributed by atoms with van der Waals surface area (Å²) in [5, 5.41) is 0. The van der Waals surface area contributed by atoms with Crippen molar-refractivity contribution < 1.29 is 23.7 Å². The van der Waals surface area contributed by atoms with Gasteiger partial charge in [0.15, 0.2) is 7.11 Å². The van der Waals surface area contributed by atoms with Gasteiger partial charge in [-0.3, -0.25) is 0 Å². The van der Waals surface area contributed by atoms with Crippen molar-refractivity contribution in [3.63, 3.8) is 0 Å². The molecule has 5 nitrogen and oxygen atoms in total. The highest BCUT2D eigenvalue weighted by molar-refractivity contribution is 5.43. The SMILES string of the molecule is C[CH+]CCOc1ccc(C(C)(C)c2ccc(OCC3CO3)cc2)cc1.C[OH+]c1ccc(C(C)(C)c2ccc(OCC3CC3)cc2)cc1. The first-order valence-corrected chi connectivity index (χ1v) is 17.0. The van der Waals surface area contributed by atoms with E-state index < -0.39 is 0 Å². The number of hydrogen-bond acceptors (Lipinski definition) is 4. The Morgan fingerprint density at radius 3 is 1.43 bits per heavy atom. The maximum atomic E-state index is 5.82. The summed E-state index contributed by atoms with van der Waals surface area (Å²) in [5.41, 5.74) is 5.02. The second kappa shape index (κ2) is 15.7. The van der Waals surface area contributed by atoms with Crippen LogP contribution >= 0.6 is 0 Å². The smallest absolute Gasteiger partial charge is 0.254 e. The minimum atomic E-state index is -0.0755. The highest BCUT2D eigenvalue weighted by Gasteiger charge is 2.26. The van der Waals surface area contributed by atoms with Crippen molar-refractivity contribution in [1.29, 1.82) is 0 Å². The molecule has 1 saturated heterocycles. The second-order valence-electron chi connectivity index (χ2n) is 13.7. The van der Waals surface area contributed by atoms with Gasteiger partial charge >= 0.3 is 0 Å². The van der Waals surface area contributed by atoms with E-state index >= 15 is 0 Å². The quantitative estimate of drug-likeness (QED) is 0.0565. The van der Waals surface area contributed by atoms with Crippen LogP contribution < -0.4 is 14.2 Å². The van der Waals surface area contributed by atoms with Crippen molar-refractivity contribution in [1.82, 2.24) is 0 Å². The predicted molar refractivity (Wildman–Crippen MR) is 191 cm³/mol. The van der Waals surface area contributed by atoms with Crippen molar-refractivity contribution in [2.75, 3.05) is 33.5 Å². The summed E-state index contributed by atoms with van der Waals surface area (Å²) in [5.74, 6) is 4.60. The van der Waals surface area contributed by atoms with Gasteiger partial charge in [0.1, 0.15) is 43.0 Å². The molecule has 248 valence electrons. The van der Waals surface area contributed by atoms with Gasteiger partial charge in [0.05, 0.1) is 26.6 Å². The Labute approximate surface area is 282 Å². The van der Waals surface area contributed by atoms with Crippen LogP contribution in [0.15, 0.2) is 97.1 Å². The second-order valence-corrected chi connectivity index (χ2v) is 13.7. The fraction of sp³-hybridized carbons (Fsp3) is 0.405. The van der Waals surface area contributed by atoms with Gasteiger partial charge in [-0.25, -0.2) is 0 Å². The molecule has 4 aromatic rings. The Balaban J connectivity index is 0.000000186. The summed E-state index contributed by atoms with van der Waals surface area (Å²) in [6.07, 6.45) is 6.01. The van der Waals surface area contributed by atoms with Gasteiger partial charge in [0, 0.05) is 23.0 Å². The normalized spacial score (nSPS) is 15.6. The molecule has 5 heteroatoms. The van der Waals surface area contributed by atoms with Gasteiger partial charge in [0.25, 0.3) is 5.75 Å². The zero-order valence-corrected chi connectivity index (χ0v) is 29.0. The molecule has 0 amide bonds. The predicted octanol–water partition coefficient (Wildman–Crippen LogP) is 9.46. The molecule has 4 aromatic carbocycles. The maximum Gasteiger partial charge on any atom is 0.254 e. The van der Waals surface area contributed by atoms with Gasteiger partial charge in [-0.2, -0.15) is 0 Å². The van der Waals surface area contributed by atoms with E-state index in [9.17, 15) is 0 Å². The summed E-state index contributed by atoms with van der Waals surface area (Å²) in [4.78, 5) is 0. The van der Waals surface area contributed by atoms with E-state index in [0.717, 1.165) is 55.2 Å². The lowest BCUT2D eigenvalue weighted by Crippen LogP contribution is -2.18. The first-order valence-electron chi connectivity index (χ1n) is 17.0. The van der Waals surface area contributed by atoms with E-state index in [1.807, 2.05) is 26.2 Å². The molecule has 0 bridgehead atoms. The fourth-order valence-corrected chi connectivity index (χ4v) is 5.41. The molecule has 0 spiro atoms. The molecule has 47 heavy (non-hydrogen) atoms. The van der Waals surface area contributed by atoms with Crippen LogP contribution in [0.1, 0.15) is 76.1 Å². The van der Waals surface area contributed by atoms with Crippen LogP contribution in [0.2, 0.25) is 0 Å². The number of unbranched alkanes of at least 4 members (excludes halogenated alkanes) is 1. The van der Waals surface area contributed by atoms with Crippen molar-refractivity contribution in [3.8, 4) is 23.0 Å². The Kier molecular flexibility index (Phi) is 11.4. The highest BCUT2D eigenvalue weighted by Crippen LogP contribution is 2.35. The third-order valence-corrected chi connectivity index (χ3v) is 9.27. The van der Waals surface area contributed by atoms with Crippen molar-refractivity contribution in [2.45, 2.75) is 70.8 Å². The van der Waals surface area contributed by atoms with Crippen LogP contribution in [0.3, 0.4) is 0 Å². The summed E-state index contributed by atoms with van der Waals surface area (Å²) in [6.45, 7) is 14.1. The standard InChI is InChI=1S/C22H27O3.C20H24O2/c1-4-5-14-23-19-10-6-17(7-11-19)22(2,3)18-8-12-20(13-9-18)24-15-21-16-25-21;1-20(2,16-6-10-18(21-3)11-7-16)17-8-12-19(13-9-17)22-14-15-4-5-15/h4,6-13,21H,5,14-16H2,1-3H3;6-13,15H,4-5,14H2,1-3H3/q+1;/p+1. The van der Waals surface area contributed by atoms with Crippen LogP contribution in [-0.2, 0) is 15.6 Å². The monoisotopic (exact) mass is 636 g/mol. The molecule has 1 atom stereocenters. The number of aliphatic hydroxyl groups is 1. The summed E-state index contributed by atoms with van der Waals surface area (Å²) in [6, 6.07) is 33.8. The van der Waals surface area contributed by atoms with Crippen LogP contribution in [0.5, 0.6) is 23.0 Å². The van der Waals surface area contributed by atoms with E-state index in [2.05, 4.69) is 124 Å². The Morgan fingerprint density at radius 1 is 0.638 bits per heavy atom. The molecule has 1 aliphatic heterocycles. The third-order valence-electron chi connectivity index (χ3n) is 9.27. The minimum Gasteiger partial charge on any atom is -0.585 e. The van der Waals surface area contributed by atoms with Gasteiger partial charge < -0.3 is 23.7 Å². The number of aromatic hydroxyl groups is 1. The number of rotatable bonds is 15. The van der Waals surface area contributed by atoms with E-state index in [4.69, 9.17) is 18.9 Å². The van der Waals surface area contributed by atoms with Crippen molar-refractivity contribution in [2.24, 2.45) is 5.92 Å². The molecule has 0 aromatic heterocycles. The van der Waals surface area contributed by atoms with Gasteiger partial charge in [-0.1, -0.05) is 64.1 Å². The minimum absolute atomic E-state index is 0.0265. The Morgan fingerprint density at radius 2 is 1.04 bits per heavy atom. The number of ether oxygens (including phenoxy) is 5. The molecule has 1 aliphatic carbocycles. The lowest BCUT2D eigenvalue weighted by molar-refractivity contribution is 0.136. The molecular formula is C42H52O5+2. The highest BCUT2D eigenvalue weighted by atomic mass is 16.6. The number of epoxide rings is 1. The molecule has 2 fully saturated rings. The van der Waals surface area contributed by atoms with E-state index in [-0.39, 0.29) is 16.9 Å². The largest absolute Gasteiger partial charge is 0.585 e. The molecule has 1 unspecified atom stereocenters. The maximum absolute atomic E-state index is 5.82. The average molecular weight is 637 g/mol. The van der Waals surface area contributed by atoms with Crippen LogP contribution in [-0.4, -0.2) is 44.4 Å². The average Bonchev–Trinajstić information content (AvgIpc) is 4.04. The third kappa shape index (κ3) is 9.71. The summed E-state index contributed by atoms with van der Waals surface area (Å²) >= 11 is 0. The molecule has 1 heterocycles. The summed E-state index contributed by atoms with van der Waals surface area (Å²) in [7, 11) is 1.82. The zero-order chi connectivity index (χ0) is 33.3. The molecule has 2 aliphatic rings. The Hall–Kier alpha value is -4.09. The van der Waals surface area contributed by atoms with Crippen molar-refractivity contribution >= 4 is 0 Å². The van der Waals surface area contributed by atoms with E-state index in [1.165, 1.54) is 35.1 Å². The number of hydrogen-bond donors (Lipinski definition) is 0. The Bertz CT molecular complexity index is 1500. The summed E-state index contributed by atoms with van der Waals surface area (Å²) < 4.78 is 26.6. The van der Waals surface area contributed by atoms with Gasteiger partial charge in [0.2, 0.25) is 0 Å². The van der Waals surface area contributed by atoms with Crippen LogP contribution in [0.25, 0.3) is 0 Å². The van der Waals surface area contributed by atoms with Crippen LogP contribution in [0, 0.1) is 12.3 Å². The lowest BCUT2D eigenvalue weighted by atomic mass is 9.78. The molecule has 1 N–H and O–H groups in total. The van der Waals surface area contributed by atoms with Crippen LogP contribution in [0.4, 0.5) is 0 Å². The fourth-order valence-electron chi connectivity index (χ4n) is 5.41. The van der Waals surface area contributed by atoms with Gasteiger partial charge in [-0.05, 0) is 89.5 Å². The van der Waals surface area contributed by atoms with E-state index in [1.54, 1.807) is 0 Å². The van der Waals surface area contributed by atoms with Crippen molar-refractivity contribution in [3.05, 3.63) is 126 Å². The topological polar surface area (TPSA) is 53.0 Å². The molecule has 1 saturated carbocycles. The zero-order valence-electron chi connectivity index (χ0n) is 29.0. The molecular weight excluding hydrogens is 584 g/mol. The first kappa shape index (κ1) is 34.3. The number of benzene rings is 4.